The van der Waals surface area contributed by atoms with E-state index >= 15 is 0 Å². The number of hydrogen-bond acceptors (Lipinski definition) is 3. The standard InChI is InChI=1S/C14H12F3N3O2/c1-9-4-2-6-18-12(9)19-11(21)8-20-7-3-5-10(13(20)22)14(15,16)17/h2-7H,8H2,1H3,(H,18,19,21). The Morgan fingerprint density at radius 2 is 2.05 bits per heavy atom. The largest absolute Gasteiger partial charge is 0.421 e. The van der Waals surface area contributed by atoms with Crippen LogP contribution in [-0.2, 0) is 17.5 Å². The Balaban J connectivity index is 2.20. The third-order valence-electron chi connectivity index (χ3n) is 2.91. The molecule has 1 amide bonds. The second-order valence-electron chi connectivity index (χ2n) is 4.57. The van der Waals surface area contributed by atoms with Crippen molar-refractivity contribution >= 4 is 11.7 Å². The SMILES string of the molecule is Cc1cccnc1NC(=O)Cn1cccc(C(F)(F)F)c1=O. The van der Waals surface area contributed by atoms with Gasteiger partial charge in [0, 0.05) is 12.4 Å². The van der Waals surface area contributed by atoms with Gasteiger partial charge < -0.3 is 9.88 Å². The molecule has 2 rings (SSSR count). The van der Waals surface area contributed by atoms with E-state index in [0.717, 1.165) is 12.3 Å². The van der Waals surface area contributed by atoms with Crippen molar-refractivity contribution in [1.82, 2.24) is 9.55 Å². The quantitative estimate of drug-likeness (QED) is 0.945. The summed E-state index contributed by atoms with van der Waals surface area (Å²) in [4.78, 5) is 27.5. The van der Waals surface area contributed by atoms with Crippen LogP contribution in [-0.4, -0.2) is 15.5 Å². The van der Waals surface area contributed by atoms with Crippen molar-refractivity contribution in [1.29, 1.82) is 0 Å². The Kier molecular flexibility index (Phi) is 4.30. The molecule has 0 fully saturated rings. The lowest BCUT2D eigenvalue weighted by molar-refractivity contribution is -0.139. The van der Waals surface area contributed by atoms with Crippen molar-refractivity contribution < 1.29 is 18.0 Å². The van der Waals surface area contributed by atoms with Crippen molar-refractivity contribution in [3.63, 3.8) is 0 Å². The van der Waals surface area contributed by atoms with Gasteiger partial charge >= 0.3 is 6.18 Å². The zero-order valence-electron chi connectivity index (χ0n) is 11.5. The fourth-order valence-corrected chi connectivity index (χ4v) is 1.82. The predicted octanol–water partition coefficient (Wildman–Crippen LogP) is 2.21. The monoisotopic (exact) mass is 311 g/mol. The molecule has 0 unspecified atom stereocenters. The smallest absolute Gasteiger partial charge is 0.309 e. The number of anilines is 1. The lowest BCUT2D eigenvalue weighted by Gasteiger charge is -2.11. The highest BCUT2D eigenvalue weighted by atomic mass is 19.4. The lowest BCUT2D eigenvalue weighted by atomic mass is 10.2. The number of nitrogens with one attached hydrogen (secondary N) is 1. The third-order valence-corrected chi connectivity index (χ3v) is 2.91. The molecular formula is C14H12F3N3O2. The average molecular weight is 311 g/mol. The van der Waals surface area contributed by atoms with Gasteiger partial charge in [0.1, 0.15) is 17.9 Å². The first-order valence-electron chi connectivity index (χ1n) is 6.27. The van der Waals surface area contributed by atoms with E-state index in [1.165, 1.54) is 6.20 Å². The summed E-state index contributed by atoms with van der Waals surface area (Å²) in [5.41, 5.74) is -1.87. The van der Waals surface area contributed by atoms with Crippen molar-refractivity contribution in [2.45, 2.75) is 19.6 Å². The lowest BCUT2D eigenvalue weighted by Crippen LogP contribution is -2.32. The van der Waals surface area contributed by atoms with Gasteiger partial charge in [0.25, 0.3) is 5.56 Å². The van der Waals surface area contributed by atoms with Crippen LogP contribution in [0.4, 0.5) is 19.0 Å². The molecule has 0 saturated carbocycles. The molecular weight excluding hydrogens is 299 g/mol. The molecule has 8 heteroatoms. The van der Waals surface area contributed by atoms with Crippen molar-refractivity contribution in [2.24, 2.45) is 0 Å². The van der Waals surface area contributed by atoms with Gasteiger partial charge in [0.2, 0.25) is 5.91 Å². The summed E-state index contributed by atoms with van der Waals surface area (Å²) >= 11 is 0. The second-order valence-corrected chi connectivity index (χ2v) is 4.57. The predicted molar refractivity (Wildman–Crippen MR) is 73.3 cm³/mol. The van der Waals surface area contributed by atoms with Crippen molar-refractivity contribution in [3.8, 4) is 0 Å². The summed E-state index contributed by atoms with van der Waals surface area (Å²) in [5.74, 6) is -0.337. The van der Waals surface area contributed by atoms with Crippen LogP contribution in [0.3, 0.4) is 0 Å². The van der Waals surface area contributed by atoms with E-state index in [2.05, 4.69) is 10.3 Å². The molecule has 0 bridgehead atoms. The van der Waals surface area contributed by atoms with Crippen LogP contribution >= 0.6 is 0 Å². The number of carbonyl (C=O) groups is 1. The number of aryl methyl sites for hydroxylation is 1. The van der Waals surface area contributed by atoms with Crippen molar-refractivity contribution in [3.05, 3.63) is 58.1 Å². The van der Waals surface area contributed by atoms with Gasteiger partial charge in [-0.3, -0.25) is 9.59 Å². The van der Waals surface area contributed by atoms with E-state index in [-0.39, 0.29) is 0 Å². The van der Waals surface area contributed by atoms with E-state index < -0.39 is 29.8 Å². The van der Waals surface area contributed by atoms with Gasteiger partial charge in [0.05, 0.1) is 0 Å². The summed E-state index contributed by atoms with van der Waals surface area (Å²) in [6, 6.07) is 5.16. The van der Waals surface area contributed by atoms with E-state index in [4.69, 9.17) is 0 Å². The molecule has 0 spiro atoms. The molecule has 0 radical (unpaired) electrons. The Morgan fingerprint density at radius 3 is 2.68 bits per heavy atom. The normalized spacial score (nSPS) is 11.3. The summed E-state index contributed by atoms with van der Waals surface area (Å²) in [6.07, 6.45) is -2.16. The zero-order valence-corrected chi connectivity index (χ0v) is 11.5. The highest BCUT2D eigenvalue weighted by molar-refractivity contribution is 5.90. The molecule has 2 heterocycles. The van der Waals surface area contributed by atoms with Gasteiger partial charge in [-0.25, -0.2) is 4.98 Å². The maximum Gasteiger partial charge on any atom is 0.421 e. The number of nitrogens with zero attached hydrogens (tertiary/aromatic N) is 2. The van der Waals surface area contributed by atoms with Crippen LogP contribution in [0.1, 0.15) is 11.1 Å². The van der Waals surface area contributed by atoms with Crippen LogP contribution in [0.5, 0.6) is 0 Å². The molecule has 0 aliphatic carbocycles. The molecule has 1 N–H and O–H groups in total. The first-order valence-corrected chi connectivity index (χ1v) is 6.27. The molecule has 0 atom stereocenters. The molecule has 0 aromatic carbocycles. The third kappa shape index (κ3) is 3.51. The van der Waals surface area contributed by atoms with E-state index in [1.807, 2.05) is 0 Å². The van der Waals surface area contributed by atoms with Gasteiger partial charge in [-0.15, -0.1) is 0 Å². The van der Waals surface area contributed by atoms with Gasteiger partial charge in [-0.2, -0.15) is 13.2 Å². The summed E-state index contributed by atoms with van der Waals surface area (Å²) in [5, 5.41) is 2.45. The van der Waals surface area contributed by atoms with Crippen LogP contribution in [0, 0.1) is 6.92 Å². The molecule has 2 aromatic rings. The molecule has 0 saturated heterocycles. The number of carbonyl (C=O) groups excluding carboxylic acids is 1. The number of halogens is 3. The minimum absolute atomic E-state index is 0.299. The van der Waals surface area contributed by atoms with Crippen LogP contribution in [0.25, 0.3) is 0 Å². The molecule has 2 aromatic heterocycles. The minimum atomic E-state index is -4.76. The molecule has 5 nitrogen and oxygen atoms in total. The Bertz CT molecular complexity index is 753. The molecule has 22 heavy (non-hydrogen) atoms. The maximum absolute atomic E-state index is 12.6. The van der Waals surface area contributed by atoms with Gasteiger partial charge in [-0.1, -0.05) is 6.07 Å². The summed E-state index contributed by atoms with van der Waals surface area (Å²) in [6.45, 7) is 1.19. The highest BCUT2D eigenvalue weighted by Crippen LogP contribution is 2.25. The Morgan fingerprint density at radius 1 is 1.32 bits per heavy atom. The number of amides is 1. The summed E-state index contributed by atoms with van der Waals surface area (Å²) < 4.78 is 38.6. The fourth-order valence-electron chi connectivity index (χ4n) is 1.82. The van der Waals surface area contributed by atoms with E-state index in [9.17, 15) is 22.8 Å². The zero-order chi connectivity index (χ0) is 16.3. The Labute approximate surface area is 123 Å². The fraction of sp³-hybridized carbons (Fsp3) is 0.214. The minimum Gasteiger partial charge on any atom is -0.309 e. The van der Waals surface area contributed by atoms with E-state index in [1.54, 1.807) is 19.1 Å². The first kappa shape index (κ1) is 15.7. The number of alkyl halides is 3. The number of aromatic nitrogens is 2. The molecule has 0 aliphatic rings. The second kappa shape index (κ2) is 6.00. The summed E-state index contributed by atoms with van der Waals surface area (Å²) in [7, 11) is 0. The first-order chi connectivity index (χ1) is 10.3. The topological polar surface area (TPSA) is 64.0 Å². The number of hydrogen-bond donors (Lipinski definition) is 1. The molecule has 0 aliphatic heterocycles. The highest BCUT2D eigenvalue weighted by Gasteiger charge is 2.34. The molecule has 116 valence electrons. The van der Waals surface area contributed by atoms with Gasteiger partial charge in [0.15, 0.2) is 0 Å². The van der Waals surface area contributed by atoms with Crippen molar-refractivity contribution in [2.75, 3.05) is 5.32 Å². The van der Waals surface area contributed by atoms with Crippen LogP contribution < -0.4 is 10.9 Å². The van der Waals surface area contributed by atoms with Crippen LogP contribution in [0.15, 0.2) is 41.5 Å². The number of pyridine rings is 2. The van der Waals surface area contributed by atoms with Gasteiger partial charge in [-0.05, 0) is 30.7 Å². The van der Waals surface area contributed by atoms with E-state index in [0.29, 0.717) is 22.0 Å². The Hall–Kier alpha value is -2.64. The maximum atomic E-state index is 12.6. The average Bonchev–Trinajstić information content (AvgIpc) is 2.42. The van der Waals surface area contributed by atoms with Crippen LogP contribution in [0.2, 0.25) is 0 Å². The number of rotatable bonds is 3.